The van der Waals surface area contributed by atoms with Crippen LogP contribution >= 0.6 is 0 Å². The van der Waals surface area contributed by atoms with Crippen molar-refractivity contribution in [2.75, 3.05) is 0 Å². The molecule has 0 heterocycles. The van der Waals surface area contributed by atoms with Crippen LogP contribution in [0.1, 0.15) is 59.8 Å². The van der Waals surface area contributed by atoms with Crippen LogP contribution in [0.3, 0.4) is 0 Å². The monoisotopic (exact) mass is 441 g/mol. The first-order valence-electron chi connectivity index (χ1n) is 9.74. The normalized spacial score (nSPS) is 17.7. The summed E-state index contributed by atoms with van der Waals surface area (Å²) >= 11 is 0. The van der Waals surface area contributed by atoms with Crippen molar-refractivity contribution in [3.63, 3.8) is 0 Å². The van der Waals surface area contributed by atoms with Gasteiger partial charge in [0, 0.05) is 18.1 Å². The Labute approximate surface area is 176 Å². The Kier molecular flexibility index (Phi) is 7.03. The van der Waals surface area contributed by atoms with E-state index < -0.39 is 48.8 Å². The summed E-state index contributed by atoms with van der Waals surface area (Å²) in [5.74, 6) is -2.23. The summed E-state index contributed by atoms with van der Waals surface area (Å²) in [6.07, 6.45) is 3.65. The second kappa shape index (κ2) is 8.81. The van der Waals surface area contributed by atoms with Crippen molar-refractivity contribution in [1.82, 2.24) is 0 Å². The third-order valence-electron chi connectivity index (χ3n) is 4.85. The number of carbonyl (C=O) groups is 2. The molecule has 0 N–H and O–H groups in total. The molecule has 0 saturated heterocycles. The van der Waals surface area contributed by atoms with E-state index in [4.69, 9.17) is 8.92 Å². The van der Waals surface area contributed by atoms with Gasteiger partial charge in [-0.1, -0.05) is 19.3 Å². The number of esters is 1. The van der Waals surface area contributed by atoms with Crippen molar-refractivity contribution in [2.45, 2.75) is 75.9 Å². The van der Waals surface area contributed by atoms with E-state index in [-0.39, 0.29) is 5.69 Å². The molecule has 9 nitrogen and oxygen atoms in total. The van der Waals surface area contributed by atoms with Crippen molar-refractivity contribution in [3.05, 3.63) is 34.4 Å². The number of nitro benzene ring substituents is 1. The maximum atomic E-state index is 13.2. The lowest BCUT2D eigenvalue weighted by Gasteiger charge is -2.33. The Hall–Kier alpha value is -2.33. The van der Waals surface area contributed by atoms with Crippen LogP contribution in [-0.4, -0.2) is 36.3 Å². The molecule has 1 aliphatic rings. The lowest BCUT2D eigenvalue weighted by molar-refractivity contribution is -0.384. The van der Waals surface area contributed by atoms with E-state index in [1.807, 2.05) is 0 Å². The second-order valence-electron chi connectivity index (χ2n) is 8.52. The fourth-order valence-electron chi connectivity index (χ4n) is 3.31. The zero-order chi connectivity index (χ0) is 22.7. The number of hydrogen-bond acceptors (Lipinski definition) is 8. The fraction of sp³-hybridized carbons (Fsp3) is 0.600. The van der Waals surface area contributed by atoms with E-state index in [1.54, 1.807) is 20.8 Å². The molecule has 10 heteroatoms. The number of hydrogen-bond donors (Lipinski definition) is 0. The molecule has 0 aliphatic heterocycles. The second-order valence-corrected chi connectivity index (χ2v) is 10.1. The molecule has 0 spiro atoms. The van der Waals surface area contributed by atoms with Crippen molar-refractivity contribution in [3.8, 4) is 0 Å². The maximum Gasteiger partial charge on any atom is 0.348 e. The molecule has 1 aromatic rings. The van der Waals surface area contributed by atoms with E-state index in [2.05, 4.69) is 0 Å². The molecule has 1 saturated carbocycles. The minimum absolute atomic E-state index is 0.304. The molecule has 0 aromatic heterocycles. The molecule has 0 bridgehead atoms. The Morgan fingerprint density at radius 1 is 1.03 bits per heavy atom. The number of carbonyl (C=O) groups excluding carboxylic acids is 2. The number of ether oxygens (including phenoxy) is 1. The average molecular weight is 442 g/mol. The summed E-state index contributed by atoms with van der Waals surface area (Å²) in [5.41, 5.74) is -3.64. The number of benzene rings is 1. The van der Waals surface area contributed by atoms with Gasteiger partial charge in [0.05, 0.1) is 9.82 Å². The molecule has 30 heavy (non-hydrogen) atoms. The predicted molar refractivity (Wildman–Crippen MR) is 107 cm³/mol. The summed E-state index contributed by atoms with van der Waals surface area (Å²) in [4.78, 5) is 35.8. The lowest BCUT2D eigenvalue weighted by atomic mass is 9.80. The zero-order valence-electron chi connectivity index (χ0n) is 17.5. The highest BCUT2D eigenvalue weighted by Crippen LogP contribution is 2.33. The molecule has 1 aromatic carbocycles. The van der Waals surface area contributed by atoms with Gasteiger partial charge in [-0.2, -0.15) is 8.42 Å². The van der Waals surface area contributed by atoms with Crippen LogP contribution in [0.5, 0.6) is 0 Å². The summed E-state index contributed by atoms with van der Waals surface area (Å²) < 4.78 is 36.2. The molecule has 0 amide bonds. The molecule has 0 radical (unpaired) electrons. The van der Waals surface area contributed by atoms with E-state index in [9.17, 15) is 28.1 Å². The van der Waals surface area contributed by atoms with Gasteiger partial charge in [-0.05, 0) is 52.7 Å². The van der Waals surface area contributed by atoms with Gasteiger partial charge >= 0.3 is 5.97 Å². The molecular formula is C20H27NO8S. The van der Waals surface area contributed by atoms with Crippen LogP contribution in [0.2, 0.25) is 0 Å². The van der Waals surface area contributed by atoms with E-state index in [1.165, 1.54) is 0 Å². The summed E-state index contributed by atoms with van der Waals surface area (Å²) in [6, 6.07) is 4.00. The van der Waals surface area contributed by atoms with Crippen LogP contribution in [0.15, 0.2) is 29.2 Å². The smallest absolute Gasteiger partial charge is 0.348 e. The van der Waals surface area contributed by atoms with Gasteiger partial charge in [-0.3, -0.25) is 14.9 Å². The van der Waals surface area contributed by atoms with Crippen LogP contribution in [-0.2, 0) is 28.6 Å². The first-order chi connectivity index (χ1) is 13.8. The van der Waals surface area contributed by atoms with E-state index in [0.717, 1.165) is 50.5 Å². The van der Waals surface area contributed by atoms with Crippen LogP contribution in [0.25, 0.3) is 0 Å². The molecular weight excluding hydrogens is 414 g/mol. The third kappa shape index (κ3) is 5.63. The quantitative estimate of drug-likeness (QED) is 0.206. The highest BCUT2D eigenvalue weighted by molar-refractivity contribution is 7.86. The molecule has 1 unspecified atom stereocenters. The highest BCUT2D eigenvalue weighted by atomic mass is 32.2. The Morgan fingerprint density at radius 2 is 1.57 bits per heavy atom. The number of rotatable bonds is 7. The lowest BCUT2D eigenvalue weighted by Crippen LogP contribution is -2.53. The maximum absolute atomic E-state index is 13.2. The summed E-state index contributed by atoms with van der Waals surface area (Å²) in [7, 11) is -4.59. The zero-order valence-corrected chi connectivity index (χ0v) is 18.4. The van der Waals surface area contributed by atoms with Gasteiger partial charge in [0.25, 0.3) is 15.8 Å². The molecule has 1 aliphatic carbocycles. The topological polar surface area (TPSA) is 130 Å². The van der Waals surface area contributed by atoms with Gasteiger partial charge in [0.1, 0.15) is 5.60 Å². The molecule has 1 fully saturated rings. The number of Topliss-reactive ketones (excluding diaryl/α,β-unsaturated/α-hetero) is 1. The van der Waals surface area contributed by atoms with E-state index >= 15 is 0 Å². The van der Waals surface area contributed by atoms with Gasteiger partial charge in [0.2, 0.25) is 5.60 Å². The van der Waals surface area contributed by atoms with Gasteiger partial charge < -0.3 is 4.74 Å². The van der Waals surface area contributed by atoms with Gasteiger partial charge in [-0.25, -0.2) is 8.98 Å². The SMILES string of the molecule is CC(C)(C)OC(=O)C(C)(OS(=O)(=O)c1ccc([N+](=O)[O-])cc1)C(=O)C1CCCCC1. The Balaban J connectivity index is 2.41. The van der Waals surface area contributed by atoms with Crippen molar-refractivity contribution >= 4 is 27.6 Å². The van der Waals surface area contributed by atoms with Crippen LogP contribution in [0.4, 0.5) is 5.69 Å². The van der Waals surface area contributed by atoms with Crippen molar-refractivity contribution in [1.29, 1.82) is 0 Å². The Morgan fingerprint density at radius 3 is 2.03 bits per heavy atom. The average Bonchev–Trinajstić information content (AvgIpc) is 2.66. The number of nitro groups is 1. The number of non-ortho nitro benzene ring substituents is 1. The van der Waals surface area contributed by atoms with E-state index in [0.29, 0.717) is 12.8 Å². The highest BCUT2D eigenvalue weighted by Gasteiger charge is 2.51. The largest absolute Gasteiger partial charge is 0.457 e. The molecule has 1 atom stereocenters. The molecule has 2 rings (SSSR count). The van der Waals surface area contributed by atoms with Crippen molar-refractivity contribution < 1.29 is 31.9 Å². The van der Waals surface area contributed by atoms with Crippen molar-refractivity contribution in [2.24, 2.45) is 5.92 Å². The number of nitrogens with zero attached hydrogens (tertiary/aromatic N) is 1. The number of ketones is 1. The minimum atomic E-state index is -4.59. The van der Waals surface area contributed by atoms with Gasteiger partial charge in [0.15, 0.2) is 5.78 Å². The summed E-state index contributed by atoms with van der Waals surface area (Å²) in [6.45, 7) is 5.91. The first-order valence-corrected chi connectivity index (χ1v) is 11.1. The predicted octanol–water partition coefficient (Wildman–Crippen LogP) is 3.55. The third-order valence-corrected chi connectivity index (χ3v) is 6.25. The summed E-state index contributed by atoms with van der Waals surface area (Å²) in [5, 5.41) is 10.8. The van der Waals surface area contributed by atoms with Gasteiger partial charge in [-0.15, -0.1) is 0 Å². The first kappa shape index (κ1) is 23.9. The van der Waals surface area contributed by atoms with Crippen LogP contribution < -0.4 is 0 Å². The fourth-order valence-corrected chi connectivity index (χ4v) is 4.46. The minimum Gasteiger partial charge on any atom is -0.457 e. The Bertz CT molecular complexity index is 911. The molecule has 166 valence electrons. The van der Waals surface area contributed by atoms with Crippen LogP contribution in [0, 0.1) is 16.0 Å². The standard InChI is InChI=1S/C20H27NO8S/c1-19(2,3)28-18(23)20(4,17(22)14-8-6-5-7-9-14)29-30(26,27)16-12-10-15(11-13-16)21(24)25/h10-14H,5-9H2,1-4H3.